The van der Waals surface area contributed by atoms with Crippen LogP contribution < -0.4 is 10.9 Å². The third kappa shape index (κ3) is 3.28. The normalized spacial score (nSPS) is 12.8. The first-order valence-electron chi connectivity index (χ1n) is 8.21. The first-order chi connectivity index (χ1) is 12.6. The van der Waals surface area contributed by atoms with Crippen molar-refractivity contribution in [3.8, 4) is 11.3 Å². The highest BCUT2D eigenvalue weighted by Gasteiger charge is 2.18. The number of aryl methyl sites for hydroxylation is 2. The van der Waals surface area contributed by atoms with Gasteiger partial charge in [0.2, 0.25) is 5.91 Å². The number of anilines is 1. The van der Waals surface area contributed by atoms with Crippen molar-refractivity contribution in [1.82, 2.24) is 14.8 Å². The highest BCUT2D eigenvalue weighted by molar-refractivity contribution is 7.15. The number of nitrogens with one attached hydrogen (secondary N) is 1. The van der Waals surface area contributed by atoms with Gasteiger partial charge in [-0.2, -0.15) is 5.10 Å². The van der Waals surface area contributed by atoms with E-state index in [9.17, 15) is 14.0 Å². The molecule has 0 bridgehead atoms. The van der Waals surface area contributed by atoms with Crippen molar-refractivity contribution in [1.29, 1.82) is 0 Å². The quantitative estimate of drug-likeness (QED) is 0.766. The number of carbonyl (C=O) groups is 1. The predicted octanol–water partition coefficient (Wildman–Crippen LogP) is 2.63. The molecule has 26 heavy (non-hydrogen) atoms. The maximum Gasteiger partial charge on any atom is 0.267 e. The van der Waals surface area contributed by atoms with Gasteiger partial charge >= 0.3 is 0 Å². The Morgan fingerprint density at radius 2 is 2.08 bits per heavy atom. The molecule has 1 aromatic carbocycles. The molecule has 2 aromatic heterocycles. The van der Waals surface area contributed by atoms with E-state index < -0.39 is 17.3 Å². The Morgan fingerprint density at radius 1 is 1.23 bits per heavy atom. The van der Waals surface area contributed by atoms with Crippen LogP contribution in [0.2, 0.25) is 0 Å². The van der Waals surface area contributed by atoms with Gasteiger partial charge in [-0.3, -0.25) is 9.59 Å². The summed E-state index contributed by atoms with van der Waals surface area (Å²) in [5.41, 5.74) is 1.19. The summed E-state index contributed by atoms with van der Waals surface area (Å²) < 4.78 is 14.9. The zero-order chi connectivity index (χ0) is 18.1. The van der Waals surface area contributed by atoms with Crippen molar-refractivity contribution in [3.05, 3.63) is 63.1 Å². The number of aromatic nitrogens is 3. The highest BCUT2D eigenvalue weighted by atomic mass is 32.1. The van der Waals surface area contributed by atoms with Crippen LogP contribution in [0.4, 0.5) is 9.52 Å². The van der Waals surface area contributed by atoms with Gasteiger partial charge in [-0.15, -0.1) is 11.3 Å². The minimum atomic E-state index is -0.438. The Kier molecular flexibility index (Phi) is 4.34. The molecule has 0 radical (unpaired) electrons. The molecular formula is C18H15FN4O2S. The smallest absolute Gasteiger partial charge is 0.267 e. The average Bonchev–Trinajstić information content (AvgIpc) is 3.19. The zero-order valence-electron chi connectivity index (χ0n) is 13.7. The van der Waals surface area contributed by atoms with Crippen molar-refractivity contribution >= 4 is 22.4 Å². The van der Waals surface area contributed by atoms with Gasteiger partial charge in [-0.1, -0.05) is 12.1 Å². The Bertz CT molecular complexity index is 1020. The van der Waals surface area contributed by atoms with Gasteiger partial charge < -0.3 is 5.32 Å². The number of thiazole rings is 1. The number of benzene rings is 1. The monoisotopic (exact) mass is 370 g/mol. The van der Waals surface area contributed by atoms with Gasteiger partial charge in [0, 0.05) is 16.5 Å². The summed E-state index contributed by atoms with van der Waals surface area (Å²) in [7, 11) is 0. The second-order valence-electron chi connectivity index (χ2n) is 5.98. The lowest BCUT2D eigenvalue weighted by molar-refractivity contribution is -0.117. The molecule has 2 heterocycles. The third-order valence-electron chi connectivity index (χ3n) is 4.15. The summed E-state index contributed by atoms with van der Waals surface area (Å²) in [4.78, 5) is 29.9. The molecule has 0 saturated heterocycles. The van der Waals surface area contributed by atoms with E-state index in [2.05, 4.69) is 15.4 Å². The second kappa shape index (κ2) is 6.80. The summed E-state index contributed by atoms with van der Waals surface area (Å²) in [6, 6.07) is 8.88. The fourth-order valence-electron chi connectivity index (χ4n) is 2.91. The SMILES string of the molecule is O=C(Cn1nc(-c2ccccc2F)ccc1=O)Nc1nc2c(s1)CCC2. The molecule has 4 rings (SSSR count). The highest BCUT2D eigenvalue weighted by Crippen LogP contribution is 2.30. The minimum absolute atomic E-state index is 0.259. The lowest BCUT2D eigenvalue weighted by atomic mass is 10.1. The number of halogens is 1. The summed E-state index contributed by atoms with van der Waals surface area (Å²) in [5.74, 6) is -0.829. The Balaban J connectivity index is 1.53. The fraction of sp³-hybridized carbons (Fsp3) is 0.222. The zero-order valence-corrected chi connectivity index (χ0v) is 14.6. The molecule has 3 aromatic rings. The predicted molar refractivity (Wildman–Crippen MR) is 96.7 cm³/mol. The maximum atomic E-state index is 13.9. The van der Waals surface area contributed by atoms with Crippen molar-refractivity contribution in [2.45, 2.75) is 25.8 Å². The van der Waals surface area contributed by atoms with E-state index in [4.69, 9.17) is 0 Å². The number of hydrogen-bond donors (Lipinski definition) is 1. The third-order valence-corrected chi connectivity index (χ3v) is 5.22. The number of amides is 1. The van der Waals surface area contributed by atoms with Gasteiger partial charge in [-0.25, -0.2) is 14.1 Å². The van der Waals surface area contributed by atoms with Crippen molar-refractivity contribution < 1.29 is 9.18 Å². The van der Waals surface area contributed by atoms with Crippen LogP contribution in [0.15, 0.2) is 41.2 Å². The van der Waals surface area contributed by atoms with Crippen LogP contribution >= 0.6 is 11.3 Å². The van der Waals surface area contributed by atoms with E-state index in [0.717, 1.165) is 29.6 Å². The molecule has 0 atom stereocenters. The Morgan fingerprint density at radius 3 is 2.88 bits per heavy atom. The lowest BCUT2D eigenvalue weighted by Gasteiger charge is -2.07. The second-order valence-corrected chi connectivity index (χ2v) is 7.07. The van der Waals surface area contributed by atoms with Gasteiger partial charge in [0.25, 0.3) is 5.56 Å². The molecule has 0 unspecified atom stereocenters. The van der Waals surface area contributed by atoms with E-state index in [1.165, 1.54) is 34.4 Å². The fourth-order valence-corrected chi connectivity index (χ4v) is 3.98. The molecule has 1 N–H and O–H groups in total. The van der Waals surface area contributed by atoms with E-state index in [0.29, 0.717) is 10.8 Å². The summed E-state index contributed by atoms with van der Waals surface area (Å²) in [6.45, 7) is -0.259. The first-order valence-corrected chi connectivity index (χ1v) is 9.03. The molecule has 1 aliphatic rings. The molecule has 8 heteroatoms. The van der Waals surface area contributed by atoms with E-state index in [-0.39, 0.29) is 12.1 Å². The van der Waals surface area contributed by atoms with Crippen molar-refractivity contribution in [2.75, 3.05) is 5.32 Å². The number of fused-ring (bicyclic) bond motifs is 1. The van der Waals surface area contributed by atoms with E-state index >= 15 is 0 Å². The van der Waals surface area contributed by atoms with Gasteiger partial charge in [0.1, 0.15) is 12.4 Å². The lowest BCUT2D eigenvalue weighted by Crippen LogP contribution is -2.29. The van der Waals surface area contributed by atoms with E-state index in [1.54, 1.807) is 18.2 Å². The minimum Gasteiger partial charge on any atom is -0.300 e. The van der Waals surface area contributed by atoms with E-state index in [1.807, 2.05) is 0 Å². The number of hydrogen-bond acceptors (Lipinski definition) is 5. The summed E-state index contributed by atoms with van der Waals surface area (Å²) >= 11 is 1.47. The topological polar surface area (TPSA) is 76.9 Å². The molecule has 6 nitrogen and oxygen atoms in total. The number of carbonyl (C=O) groups excluding carboxylic acids is 1. The van der Waals surface area contributed by atoms with Crippen molar-refractivity contribution in [3.63, 3.8) is 0 Å². The van der Waals surface area contributed by atoms with Crippen LogP contribution in [0.1, 0.15) is 17.0 Å². The number of nitrogens with zero attached hydrogens (tertiary/aromatic N) is 3. The summed E-state index contributed by atoms with van der Waals surface area (Å²) in [5, 5.41) is 7.37. The van der Waals surface area contributed by atoms with Gasteiger partial charge in [0.15, 0.2) is 5.13 Å². The first kappa shape index (κ1) is 16.6. The molecule has 132 valence electrons. The Hall–Kier alpha value is -2.87. The maximum absolute atomic E-state index is 13.9. The molecule has 0 fully saturated rings. The van der Waals surface area contributed by atoms with Crippen LogP contribution in [0.5, 0.6) is 0 Å². The Labute approximate surface area is 152 Å². The molecular weight excluding hydrogens is 355 g/mol. The van der Waals surface area contributed by atoms with Crippen LogP contribution in [-0.4, -0.2) is 20.7 Å². The molecule has 1 aliphatic carbocycles. The summed E-state index contributed by atoms with van der Waals surface area (Å²) in [6.07, 6.45) is 3.03. The van der Waals surface area contributed by atoms with Crippen LogP contribution in [0.3, 0.4) is 0 Å². The van der Waals surface area contributed by atoms with Gasteiger partial charge in [-0.05, 0) is 37.5 Å². The molecule has 0 spiro atoms. The number of rotatable bonds is 4. The van der Waals surface area contributed by atoms with Crippen molar-refractivity contribution in [2.24, 2.45) is 0 Å². The van der Waals surface area contributed by atoms with Crippen LogP contribution in [-0.2, 0) is 24.2 Å². The molecule has 1 amide bonds. The largest absolute Gasteiger partial charge is 0.300 e. The van der Waals surface area contributed by atoms with Gasteiger partial charge in [0.05, 0.1) is 11.4 Å². The van der Waals surface area contributed by atoms with Crippen LogP contribution in [0.25, 0.3) is 11.3 Å². The molecule has 0 saturated carbocycles. The standard InChI is InChI=1S/C18H15FN4O2S/c19-12-5-2-1-4-11(12)13-8-9-17(25)23(22-13)10-16(24)21-18-20-14-6-3-7-15(14)26-18/h1-2,4-5,8-9H,3,6-7,10H2,(H,20,21,24). The molecule has 0 aliphatic heterocycles. The van der Waals surface area contributed by atoms with Crippen LogP contribution in [0, 0.1) is 5.82 Å². The average molecular weight is 370 g/mol.